The van der Waals surface area contributed by atoms with Gasteiger partial charge < -0.3 is 29.9 Å². The zero-order chi connectivity index (χ0) is 23.6. The molecular weight excluding hydrogens is 453 g/mol. The van der Waals surface area contributed by atoms with Gasteiger partial charge in [0.05, 0.1) is 12.2 Å². The highest BCUT2D eigenvalue weighted by molar-refractivity contribution is 7.98. The molecule has 1 aromatic heterocycles. The highest BCUT2D eigenvalue weighted by Crippen LogP contribution is 2.38. The molecule has 0 amide bonds. The number of aromatic nitrogens is 2. The van der Waals surface area contributed by atoms with Crippen molar-refractivity contribution in [1.29, 1.82) is 0 Å². The molecule has 1 aliphatic rings. The normalized spacial score (nSPS) is 26.3. The number of benzene rings is 1. The average molecular weight is 478 g/mol. The Morgan fingerprint density at radius 1 is 1.12 bits per heavy atom. The lowest BCUT2D eigenvalue weighted by Gasteiger charge is -2.39. The van der Waals surface area contributed by atoms with Crippen molar-refractivity contribution in [3.63, 3.8) is 0 Å². The van der Waals surface area contributed by atoms with E-state index in [4.69, 9.17) is 9.47 Å². The number of halogens is 3. The summed E-state index contributed by atoms with van der Waals surface area (Å²) in [4.78, 5) is 0.951. The topological polar surface area (TPSA) is 117 Å². The number of ether oxygens (including phenoxy) is 2. The van der Waals surface area contributed by atoms with Crippen LogP contribution in [0, 0.1) is 0 Å². The number of thioether (sulfide) groups is 1. The number of aliphatic hydroxyl groups is 4. The van der Waals surface area contributed by atoms with Gasteiger partial charge in [-0.2, -0.15) is 13.2 Å². The first-order valence-electron chi connectivity index (χ1n) is 9.87. The van der Waals surface area contributed by atoms with Gasteiger partial charge in [0.25, 0.3) is 0 Å². The van der Waals surface area contributed by atoms with E-state index in [1.54, 1.807) is 24.3 Å². The summed E-state index contributed by atoms with van der Waals surface area (Å²) >= 11 is 1.50. The number of rotatable bonds is 7. The van der Waals surface area contributed by atoms with E-state index in [1.165, 1.54) is 18.7 Å². The second kappa shape index (κ2) is 9.98. The van der Waals surface area contributed by atoms with Gasteiger partial charge in [0.1, 0.15) is 30.1 Å². The molecule has 1 aliphatic heterocycles. The molecule has 2 heterocycles. The predicted molar refractivity (Wildman–Crippen MR) is 108 cm³/mol. The van der Waals surface area contributed by atoms with Gasteiger partial charge in [0, 0.05) is 17.9 Å². The van der Waals surface area contributed by atoms with Crippen molar-refractivity contribution in [1.82, 2.24) is 9.78 Å². The maximum atomic E-state index is 13.9. The van der Waals surface area contributed by atoms with E-state index >= 15 is 0 Å². The Hall–Kier alpha value is -1.83. The van der Waals surface area contributed by atoms with Crippen molar-refractivity contribution in [2.24, 2.45) is 0 Å². The SMILES string of the molecule is CCn1nc(OC2O[C@H](CO)[C@@H](O)[C@H](O)[C@H]2O)c(Cc2ccc(SC)cc2)c1C(F)(F)F. The molecule has 32 heavy (non-hydrogen) atoms. The van der Waals surface area contributed by atoms with Gasteiger partial charge in [-0.25, -0.2) is 0 Å². The third-order valence-corrected chi connectivity index (χ3v) is 5.94. The molecule has 5 atom stereocenters. The largest absolute Gasteiger partial charge is 0.443 e. The molecule has 2 aromatic rings. The van der Waals surface area contributed by atoms with Gasteiger partial charge in [0.2, 0.25) is 12.2 Å². The van der Waals surface area contributed by atoms with Crippen LogP contribution in [0.3, 0.4) is 0 Å². The summed E-state index contributed by atoms with van der Waals surface area (Å²) in [7, 11) is 0. The average Bonchev–Trinajstić information content (AvgIpc) is 3.12. The molecule has 0 aliphatic carbocycles. The molecule has 0 radical (unpaired) electrons. The molecule has 1 fully saturated rings. The van der Waals surface area contributed by atoms with E-state index in [-0.39, 0.29) is 18.5 Å². The Kier molecular flexibility index (Phi) is 7.73. The lowest BCUT2D eigenvalue weighted by atomic mass is 9.99. The summed E-state index contributed by atoms with van der Waals surface area (Å²) in [5.74, 6) is -0.419. The lowest BCUT2D eigenvalue weighted by Crippen LogP contribution is -2.60. The third-order valence-electron chi connectivity index (χ3n) is 5.20. The maximum absolute atomic E-state index is 13.9. The molecule has 8 nitrogen and oxygen atoms in total. The van der Waals surface area contributed by atoms with Crippen LogP contribution in [0.25, 0.3) is 0 Å². The monoisotopic (exact) mass is 478 g/mol. The first kappa shape index (κ1) is 24.8. The van der Waals surface area contributed by atoms with Crippen molar-refractivity contribution < 1.29 is 43.1 Å². The molecule has 0 saturated carbocycles. The highest BCUT2D eigenvalue weighted by atomic mass is 32.2. The van der Waals surface area contributed by atoms with Crippen LogP contribution < -0.4 is 4.74 Å². The molecule has 1 saturated heterocycles. The van der Waals surface area contributed by atoms with Gasteiger partial charge in [-0.1, -0.05) is 12.1 Å². The minimum atomic E-state index is -4.73. The third kappa shape index (κ3) is 5.05. The number of aliphatic hydroxyl groups excluding tert-OH is 4. The van der Waals surface area contributed by atoms with Gasteiger partial charge in [-0.3, -0.25) is 4.68 Å². The highest BCUT2D eigenvalue weighted by Gasteiger charge is 2.46. The van der Waals surface area contributed by atoms with Crippen LogP contribution in [0.2, 0.25) is 0 Å². The minimum absolute atomic E-state index is 0.0920. The summed E-state index contributed by atoms with van der Waals surface area (Å²) in [6.45, 7) is 0.707. The zero-order valence-electron chi connectivity index (χ0n) is 17.4. The van der Waals surface area contributed by atoms with Crippen LogP contribution in [0.4, 0.5) is 13.2 Å². The van der Waals surface area contributed by atoms with Crippen molar-refractivity contribution in [2.75, 3.05) is 12.9 Å². The van der Waals surface area contributed by atoms with Crippen LogP contribution >= 0.6 is 11.8 Å². The zero-order valence-corrected chi connectivity index (χ0v) is 18.2. The first-order chi connectivity index (χ1) is 15.1. The van der Waals surface area contributed by atoms with Crippen LogP contribution in [0.15, 0.2) is 29.2 Å². The van der Waals surface area contributed by atoms with Crippen LogP contribution in [-0.2, 0) is 23.9 Å². The van der Waals surface area contributed by atoms with Crippen LogP contribution in [0.1, 0.15) is 23.7 Å². The number of aryl methyl sites for hydroxylation is 1. The summed E-state index contributed by atoms with van der Waals surface area (Å²) < 4.78 is 53.3. The first-order valence-corrected chi connectivity index (χ1v) is 11.1. The van der Waals surface area contributed by atoms with Crippen molar-refractivity contribution >= 4 is 11.8 Å². The van der Waals surface area contributed by atoms with E-state index in [0.29, 0.717) is 5.56 Å². The van der Waals surface area contributed by atoms with Gasteiger partial charge >= 0.3 is 6.18 Å². The summed E-state index contributed by atoms with van der Waals surface area (Å²) in [6, 6.07) is 6.98. The molecule has 178 valence electrons. The fraction of sp³-hybridized carbons (Fsp3) is 0.550. The fourth-order valence-corrected chi connectivity index (χ4v) is 3.91. The van der Waals surface area contributed by atoms with Crippen molar-refractivity contribution in [2.45, 2.75) is 61.7 Å². The van der Waals surface area contributed by atoms with Crippen LogP contribution in [-0.4, -0.2) is 73.8 Å². The predicted octanol–water partition coefficient (Wildman–Crippen LogP) is 1.41. The molecular formula is C20H25F3N2O6S. The fourth-order valence-electron chi connectivity index (χ4n) is 3.50. The Labute approximate surface area is 186 Å². The van der Waals surface area contributed by atoms with Crippen molar-refractivity contribution in [3.05, 3.63) is 41.1 Å². The smallest absolute Gasteiger partial charge is 0.433 e. The second-order valence-corrected chi connectivity index (χ2v) is 8.17. The summed E-state index contributed by atoms with van der Waals surface area (Å²) in [5, 5.41) is 43.3. The molecule has 12 heteroatoms. The number of nitrogens with zero attached hydrogens (tertiary/aromatic N) is 2. The Morgan fingerprint density at radius 3 is 2.31 bits per heavy atom. The Morgan fingerprint density at radius 2 is 1.78 bits per heavy atom. The quantitative estimate of drug-likeness (QED) is 0.442. The van der Waals surface area contributed by atoms with E-state index < -0.39 is 55.1 Å². The molecule has 0 bridgehead atoms. The number of alkyl halides is 3. The molecule has 3 rings (SSSR count). The van der Waals surface area contributed by atoms with Gasteiger partial charge in [-0.15, -0.1) is 16.9 Å². The van der Waals surface area contributed by atoms with E-state index in [0.717, 1.165) is 9.58 Å². The maximum Gasteiger partial charge on any atom is 0.433 e. The summed E-state index contributed by atoms with van der Waals surface area (Å²) in [5.41, 5.74) is -0.663. The number of hydrogen-bond acceptors (Lipinski definition) is 8. The molecule has 0 spiro atoms. The Balaban J connectivity index is 2.00. The number of hydrogen-bond donors (Lipinski definition) is 4. The van der Waals surface area contributed by atoms with Gasteiger partial charge in [-0.05, 0) is 30.9 Å². The molecule has 1 aromatic carbocycles. The summed E-state index contributed by atoms with van der Waals surface area (Å²) in [6.07, 6.45) is -11.0. The van der Waals surface area contributed by atoms with Gasteiger partial charge in [0.15, 0.2) is 0 Å². The standard InChI is InChI=1S/C20H25F3N2O6S/c1-3-25-17(20(21,22)23)12(8-10-4-6-11(32-2)7-5-10)18(24-25)31-19-16(29)15(28)14(27)13(9-26)30-19/h4-7,13-16,19,26-29H,3,8-9H2,1-2H3/t13-,14-,15+,16-,19?/m1/s1. The molecule has 1 unspecified atom stereocenters. The van der Waals surface area contributed by atoms with Crippen LogP contribution in [0.5, 0.6) is 5.88 Å². The van der Waals surface area contributed by atoms with E-state index in [9.17, 15) is 33.6 Å². The van der Waals surface area contributed by atoms with E-state index in [1.807, 2.05) is 6.26 Å². The minimum Gasteiger partial charge on any atom is -0.443 e. The molecule has 4 N–H and O–H groups in total. The lowest BCUT2D eigenvalue weighted by molar-refractivity contribution is -0.278. The van der Waals surface area contributed by atoms with E-state index in [2.05, 4.69) is 5.10 Å². The van der Waals surface area contributed by atoms with Crippen molar-refractivity contribution in [3.8, 4) is 5.88 Å². The Bertz CT molecular complexity index is 906. The second-order valence-electron chi connectivity index (χ2n) is 7.29.